The minimum atomic E-state index is 0.202. The highest BCUT2D eigenvalue weighted by Gasteiger charge is 2.20. The predicted octanol–water partition coefficient (Wildman–Crippen LogP) is 2.82. The van der Waals surface area contributed by atoms with Gasteiger partial charge < -0.3 is 10.6 Å². The van der Waals surface area contributed by atoms with Gasteiger partial charge in [-0.1, -0.05) is 11.6 Å². The molecule has 0 spiro atoms. The lowest BCUT2D eigenvalue weighted by Crippen LogP contribution is -2.43. The van der Waals surface area contributed by atoms with E-state index < -0.39 is 0 Å². The van der Waals surface area contributed by atoms with Crippen molar-refractivity contribution in [2.75, 3.05) is 18.0 Å². The summed E-state index contributed by atoms with van der Waals surface area (Å²) in [5.74, 6) is 1.43. The quantitative estimate of drug-likeness (QED) is 0.868. The van der Waals surface area contributed by atoms with Crippen LogP contribution in [0.3, 0.4) is 0 Å². The Morgan fingerprint density at radius 3 is 3.05 bits per heavy atom. The molecule has 2 aromatic rings. The third kappa shape index (κ3) is 2.82. The van der Waals surface area contributed by atoms with E-state index in [4.69, 9.17) is 17.3 Å². The first-order valence-electron chi connectivity index (χ1n) is 6.52. The standard InChI is InChI=1S/C13H15BrClN5/c14-11-6-8(15)3-4-10(11)12-17-13(19-18-12)20-5-1-2-9(16)7-20/h3-4,6,9H,1-2,5,7,16H2,(H,17,18,19). The van der Waals surface area contributed by atoms with E-state index in [-0.39, 0.29) is 6.04 Å². The van der Waals surface area contributed by atoms with E-state index >= 15 is 0 Å². The second-order valence-electron chi connectivity index (χ2n) is 4.96. The Balaban J connectivity index is 1.86. The van der Waals surface area contributed by atoms with Gasteiger partial charge in [-0.3, -0.25) is 5.10 Å². The maximum Gasteiger partial charge on any atom is 0.245 e. The number of rotatable bonds is 2. The number of nitrogens with one attached hydrogen (secondary N) is 1. The summed E-state index contributed by atoms with van der Waals surface area (Å²) < 4.78 is 0.892. The monoisotopic (exact) mass is 355 g/mol. The van der Waals surface area contributed by atoms with E-state index in [1.54, 1.807) is 0 Å². The summed E-state index contributed by atoms with van der Waals surface area (Å²) >= 11 is 9.44. The molecule has 3 N–H and O–H groups in total. The molecule has 3 rings (SSSR count). The van der Waals surface area contributed by atoms with Gasteiger partial charge in [0, 0.05) is 34.2 Å². The lowest BCUT2D eigenvalue weighted by atomic mass is 10.1. The summed E-state index contributed by atoms with van der Waals surface area (Å²) in [4.78, 5) is 6.68. The van der Waals surface area contributed by atoms with Crippen molar-refractivity contribution in [3.05, 3.63) is 27.7 Å². The average Bonchev–Trinajstić information content (AvgIpc) is 2.88. The summed E-state index contributed by atoms with van der Waals surface area (Å²) in [6.45, 7) is 1.76. The molecule has 0 saturated carbocycles. The number of H-pyrrole nitrogens is 1. The van der Waals surface area contributed by atoms with Crippen LogP contribution in [0.25, 0.3) is 11.4 Å². The number of aromatic nitrogens is 3. The molecule has 7 heteroatoms. The predicted molar refractivity (Wildman–Crippen MR) is 84.0 cm³/mol. The Morgan fingerprint density at radius 1 is 1.45 bits per heavy atom. The molecule has 1 unspecified atom stereocenters. The molecule has 1 aromatic carbocycles. The number of hydrogen-bond donors (Lipinski definition) is 2. The van der Waals surface area contributed by atoms with Crippen molar-refractivity contribution in [3.8, 4) is 11.4 Å². The Kier molecular flexibility index (Phi) is 3.96. The third-order valence-corrected chi connectivity index (χ3v) is 4.29. The summed E-state index contributed by atoms with van der Waals surface area (Å²) in [6, 6.07) is 5.79. The number of piperidine rings is 1. The van der Waals surface area contributed by atoms with Gasteiger partial charge in [0.1, 0.15) is 0 Å². The molecule has 1 fully saturated rings. The molecule has 1 atom stereocenters. The van der Waals surface area contributed by atoms with E-state index in [2.05, 4.69) is 36.0 Å². The number of anilines is 1. The van der Waals surface area contributed by atoms with Crippen LogP contribution in [-0.2, 0) is 0 Å². The first-order chi connectivity index (χ1) is 9.63. The number of aromatic amines is 1. The van der Waals surface area contributed by atoms with E-state index in [9.17, 15) is 0 Å². The largest absolute Gasteiger partial charge is 0.338 e. The van der Waals surface area contributed by atoms with Crippen LogP contribution in [0.15, 0.2) is 22.7 Å². The number of nitrogens with zero attached hydrogens (tertiary/aromatic N) is 3. The minimum Gasteiger partial charge on any atom is -0.338 e. The topological polar surface area (TPSA) is 70.8 Å². The molecule has 20 heavy (non-hydrogen) atoms. The average molecular weight is 357 g/mol. The Hall–Kier alpha value is -1.11. The van der Waals surface area contributed by atoms with Gasteiger partial charge >= 0.3 is 0 Å². The zero-order valence-corrected chi connectivity index (χ0v) is 13.2. The van der Waals surface area contributed by atoms with Gasteiger partial charge in [-0.05, 0) is 47.0 Å². The minimum absolute atomic E-state index is 0.202. The second kappa shape index (κ2) is 5.71. The van der Waals surface area contributed by atoms with Crippen LogP contribution in [0.4, 0.5) is 5.95 Å². The molecular formula is C13H15BrClN5. The zero-order chi connectivity index (χ0) is 14.1. The van der Waals surface area contributed by atoms with Gasteiger partial charge in [0.25, 0.3) is 0 Å². The molecule has 1 aliphatic rings. The number of nitrogens with two attached hydrogens (primary N) is 1. The van der Waals surface area contributed by atoms with E-state index in [1.165, 1.54) is 0 Å². The Labute approximate surface area is 130 Å². The van der Waals surface area contributed by atoms with Crippen molar-refractivity contribution in [2.24, 2.45) is 5.73 Å². The van der Waals surface area contributed by atoms with Crippen LogP contribution >= 0.6 is 27.5 Å². The van der Waals surface area contributed by atoms with Crippen molar-refractivity contribution in [2.45, 2.75) is 18.9 Å². The van der Waals surface area contributed by atoms with Crippen molar-refractivity contribution in [1.29, 1.82) is 0 Å². The van der Waals surface area contributed by atoms with Crippen LogP contribution in [-0.4, -0.2) is 34.3 Å². The highest BCUT2D eigenvalue weighted by Crippen LogP contribution is 2.29. The molecule has 0 radical (unpaired) electrons. The van der Waals surface area contributed by atoms with Crippen LogP contribution < -0.4 is 10.6 Å². The third-order valence-electron chi connectivity index (χ3n) is 3.40. The maximum atomic E-state index is 5.99. The van der Waals surface area contributed by atoms with Crippen molar-refractivity contribution in [1.82, 2.24) is 15.2 Å². The van der Waals surface area contributed by atoms with E-state index in [0.29, 0.717) is 11.0 Å². The van der Waals surface area contributed by atoms with Gasteiger partial charge in [-0.15, -0.1) is 5.10 Å². The van der Waals surface area contributed by atoms with Crippen LogP contribution in [0.2, 0.25) is 5.02 Å². The summed E-state index contributed by atoms with van der Waals surface area (Å²) in [5.41, 5.74) is 6.93. The van der Waals surface area contributed by atoms with Gasteiger partial charge in [-0.25, -0.2) is 0 Å². The van der Waals surface area contributed by atoms with Crippen LogP contribution in [0.1, 0.15) is 12.8 Å². The Morgan fingerprint density at radius 2 is 2.30 bits per heavy atom. The fourth-order valence-corrected chi connectivity index (χ4v) is 3.26. The summed E-state index contributed by atoms with van der Waals surface area (Å²) in [7, 11) is 0. The van der Waals surface area contributed by atoms with E-state index in [0.717, 1.165) is 41.8 Å². The molecule has 5 nitrogen and oxygen atoms in total. The number of benzene rings is 1. The van der Waals surface area contributed by atoms with Crippen molar-refractivity contribution >= 4 is 33.5 Å². The van der Waals surface area contributed by atoms with Gasteiger partial charge in [0.05, 0.1) is 0 Å². The molecular weight excluding hydrogens is 342 g/mol. The highest BCUT2D eigenvalue weighted by molar-refractivity contribution is 9.10. The van der Waals surface area contributed by atoms with Crippen LogP contribution in [0, 0.1) is 0 Å². The maximum absolute atomic E-state index is 5.99. The summed E-state index contributed by atoms with van der Waals surface area (Å²) in [6.07, 6.45) is 2.15. The van der Waals surface area contributed by atoms with Crippen molar-refractivity contribution in [3.63, 3.8) is 0 Å². The molecule has 0 amide bonds. The SMILES string of the molecule is NC1CCCN(c2n[nH]c(-c3ccc(Cl)cc3Br)n2)C1. The molecule has 0 bridgehead atoms. The number of hydrogen-bond acceptors (Lipinski definition) is 4. The molecule has 106 valence electrons. The first kappa shape index (κ1) is 13.9. The fraction of sp³-hybridized carbons (Fsp3) is 0.385. The lowest BCUT2D eigenvalue weighted by molar-refractivity contribution is 0.500. The zero-order valence-electron chi connectivity index (χ0n) is 10.8. The molecule has 1 aliphatic heterocycles. The van der Waals surface area contributed by atoms with E-state index in [1.807, 2.05) is 18.2 Å². The normalized spacial score (nSPS) is 19.4. The second-order valence-corrected chi connectivity index (χ2v) is 6.25. The van der Waals surface area contributed by atoms with Gasteiger partial charge in [-0.2, -0.15) is 4.98 Å². The van der Waals surface area contributed by atoms with Gasteiger partial charge in [0.2, 0.25) is 5.95 Å². The molecule has 1 aromatic heterocycles. The summed E-state index contributed by atoms with van der Waals surface area (Å²) in [5, 5.41) is 7.96. The highest BCUT2D eigenvalue weighted by atomic mass is 79.9. The van der Waals surface area contributed by atoms with Crippen molar-refractivity contribution < 1.29 is 0 Å². The molecule has 2 heterocycles. The lowest BCUT2D eigenvalue weighted by Gasteiger charge is -2.29. The number of halogens is 2. The molecule has 0 aliphatic carbocycles. The Bertz CT molecular complexity index is 615. The molecule has 1 saturated heterocycles. The van der Waals surface area contributed by atoms with Gasteiger partial charge in [0.15, 0.2) is 5.82 Å². The first-order valence-corrected chi connectivity index (χ1v) is 7.69. The smallest absolute Gasteiger partial charge is 0.245 e. The van der Waals surface area contributed by atoms with Crippen LogP contribution in [0.5, 0.6) is 0 Å². The fourth-order valence-electron chi connectivity index (χ4n) is 2.39.